The second-order valence-electron chi connectivity index (χ2n) is 7.06. The number of morpholine rings is 1. The third-order valence-electron chi connectivity index (χ3n) is 5.04. The third kappa shape index (κ3) is 4.16. The lowest BCUT2D eigenvalue weighted by Gasteiger charge is -2.26. The lowest BCUT2D eigenvalue weighted by Crippen LogP contribution is -2.37. The molecule has 1 aromatic carbocycles. The number of aromatic nitrogens is 4. The molecule has 3 aromatic heterocycles. The van der Waals surface area contributed by atoms with Gasteiger partial charge in [0.05, 0.1) is 35.1 Å². The number of thiophene rings is 1. The second kappa shape index (κ2) is 8.32. The van der Waals surface area contributed by atoms with E-state index in [1.165, 1.54) is 0 Å². The van der Waals surface area contributed by atoms with E-state index in [1.807, 2.05) is 29.8 Å². The minimum atomic E-state index is 0.657. The van der Waals surface area contributed by atoms with Gasteiger partial charge in [-0.1, -0.05) is 0 Å². The van der Waals surface area contributed by atoms with Gasteiger partial charge in [-0.25, -0.2) is 4.98 Å². The maximum Gasteiger partial charge on any atom is 0.225 e. The molecule has 1 aliphatic rings. The summed E-state index contributed by atoms with van der Waals surface area (Å²) in [7, 11) is 0. The van der Waals surface area contributed by atoms with Crippen LogP contribution in [-0.2, 0) is 4.74 Å². The molecule has 8 nitrogen and oxygen atoms in total. The first-order chi connectivity index (χ1) is 14.3. The monoisotopic (exact) mass is 409 g/mol. The number of aromatic amines is 1. The van der Waals surface area contributed by atoms with E-state index in [4.69, 9.17) is 9.72 Å². The van der Waals surface area contributed by atoms with Crippen LogP contribution in [0.25, 0.3) is 21.1 Å². The van der Waals surface area contributed by atoms with Gasteiger partial charge in [0, 0.05) is 30.7 Å². The zero-order valence-corrected chi connectivity index (χ0v) is 16.8. The first-order valence-corrected chi connectivity index (χ1v) is 10.7. The molecule has 5 rings (SSSR count). The highest BCUT2D eigenvalue weighted by Crippen LogP contribution is 2.30. The van der Waals surface area contributed by atoms with Crippen molar-refractivity contribution < 1.29 is 4.74 Å². The lowest BCUT2D eigenvalue weighted by molar-refractivity contribution is 0.0378. The molecule has 0 saturated carbocycles. The molecular weight excluding hydrogens is 386 g/mol. The van der Waals surface area contributed by atoms with Gasteiger partial charge in [-0.15, -0.1) is 11.3 Å². The number of benzene rings is 1. The molecule has 4 aromatic rings. The molecule has 29 heavy (non-hydrogen) atoms. The quantitative estimate of drug-likeness (QED) is 0.403. The Bertz CT molecular complexity index is 1100. The van der Waals surface area contributed by atoms with Crippen molar-refractivity contribution in [2.75, 3.05) is 50.0 Å². The normalized spacial score (nSPS) is 15.2. The van der Waals surface area contributed by atoms with Crippen LogP contribution >= 0.6 is 11.3 Å². The van der Waals surface area contributed by atoms with E-state index in [0.29, 0.717) is 5.95 Å². The van der Waals surface area contributed by atoms with Crippen LogP contribution in [0.5, 0.6) is 0 Å². The number of fused-ring (bicyclic) bond motifs is 2. The molecule has 0 radical (unpaired) electrons. The molecule has 0 unspecified atom stereocenters. The Balaban J connectivity index is 1.28. The second-order valence-corrected chi connectivity index (χ2v) is 7.98. The molecule has 0 spiro atoms. The van der Waals surface area contributed by atoms with Crippen LogP contribution in [0.4, 0.5) is 17.5 Å². The van der Waals surface area contributed by atoms with Crippen molar-refractivity contribution in [3.8, 4) is 0 Å². The van der Waals surface area contributed by atoms with E-state index < -0.39 is 0 Å². The average molecular weight is 410 g/mol. The van der Waals surface area contributed by atoms with E-state index in [0.717, 1.165) is 78.4 Å². The fourth-order valence-electron chi connectivity index (χ4n) is 3.51. The number of H-pyrrole nitrogens is 1. The van der Waals surface area contributed by atoms with Gasteiger partial charge in [0.1, 0.15) is 0 Å². The molecular formula is C20H23N7OS. The van der Waals surface area contributed by atoms with Crippen molar-refractivity contribution in [1.29, 1.82) is 0 Å². The lowest BCUT2D eigenvalue weighted by atomic mass is 10.2. The van der Waals surface area contributed by atoms with E-state index in [1.54, 1.807) is 11.3 Å². The molecule has 0 aliphatic carbocycles. The Morgan fingerprint density at radius 3 is 3.03 bits per heavy atom. The van der Waals surface area contributed by atoms with Crippen LogP contribution in [-0.4, -0.2) is 64.5 Å². The zero-order valence-electron chi connectivity index (χ0n) is 16.0. The van der Waals surface area contributed by atoms with Gasteiger partial charge < -0.3 is 15.4 Å². The predicted molar refractivity (Wildman–Crippen MR) is 117 cm³/mol. The van der Waals surface area contributed by atoms with Gasteiger partial charge >= 0.3 is 0 Å². The maximum absolute atomic E-state index is 5.40. The standard InChI is InChI=1S/C20H23N7OS/c1(6-27-7-9-28-10-8-27)5-21-20-24-17-4-11-29-18(17)19(25-20)23-15-2-3-16-14(12-15)13-22-26-16/h2-4,11-13H,1,5-10H2,(H,22,26)(H2,21,23,24,25). The van der Waals surface area contributed by atoms with Crippen LogP contribution in [0.1, 0.15) is 6.42 Å². The third-order valence-corrected chi connectivity index (χ3v) is 5.95. The largest absolute Gasteiger partial charge is 0.379 e. The Labute approximate surface area is 172 Å². The van der Waals surface area contributed by atoms with E-state index >= 15 is 0 Å². The molecule has 0 atom stereocenters. The topological polar surface area (TPSA) is 91.0 Å². The Kier molecular flexibility index (Phi) is 5.25. The van der Waals surface area contributed by atoms with Crippen LogP contribution in [0.15, 0.2) is 35.8 Å². The summed E-state index contributed by atoms with van der Waals surface area (Å²) in [6.07, 6.45) is 2.87. The summed E-state index contributed by atoms with van der Waals surface area (Å²) >= 11 is 1.64. The van der Waals surface area contributed by atoms with Crippen LogP contribution in [0.2, 0.25) is 0 Å². The van der Waals surface area contributed by atoms with E-state index in [9.17, 15) is 0 Å². The van der Waals surface area contributed by atoms with Gasteiger partial charge in [0.25, 0.3) is 0 Å². The first kappa shape index (κ1) is 18.3. The van der Waals surface area contributed by atoms with Crippen LogP contribution in [0.3, 0.4) is 0 Å². The van der Waals surface area contributed by atoms with E-state index in [-0.39, 0.29) is 0 Å². The SMILES string of the molecule is c1cc2nc(NCCCN3CCOCC3)nc(Nc3ccc4[nH]ncc4c3)c2s1. The van der Waals surface area contributed by atoms with Crippen molar-refractivity contribution in [2.24, 2.45) is 0 Å². The number of hydrogen-bond acceptors (Lipinski definition) is 8. The number of ether oxygens (including phenoxy) is 1. The summed E-state index contributed by atoms with van der Waals surface area (Å²) < 4.78 is 6.45. The van der Waals surface area contributed by atoms with Crippen LogP contribution < -0.4 is 10.6 Å². The highest BCUT2D eigenvalue weighted by atomic mass is 32.1. The van der Waals surface area contributed by atoms with Gasteiger partial charge in [-0.2, -0.15) is 10.1 Å². The van der Waals surface area contributed by atoms with Gasteiger partial charge in [0.2, 0.25) is 5.95 Å². The number of nitrogens with one attached hydrogen (secondary N) is 3. The number of hydrogen-bond donors (Lipinski definition) is 3. The predicted octanol–water partition coefficient (Wildman–Crippen LogP) is 3.45. The summed E-state index contributed by atoms with van der Waals surface area (Å²) in [6.45, 7) is 5.62. The molecule has 1 saturated heterocycles. The van der Waals surface area contributed by atoms with Crippen molar-refractivity contribution in [1.82, 2.24) is 25.1 Å². The number of rotatable bonds is 7. The summed E-state index contributed by atoms with van der Waals surface area (Å²) in [5.74, 6) is 1.48. The smallest absolute Gasteiger partial charge is 0.225 e. The summed E-state index contributed by atoms with van der Waals surface area (Å²) in [5, 5.41) is 17.0. The number of anilines is 3. The highest BCUT2D eigenvalue weighted by Gasteiger charge is 2.12. The molecule has 0 bridgehead atoms. The molecule has 9 heteroatoms. The Morgan fingerprint density at radius 2 is 2.10 bits per heavy atom. The van der Waals surface area contributed by atoms with Gasteiger partial charge in [0.15, 0.2) is 5.82 Å². The van der Waals surface area contributed by atoms with E-state index in [2.05, 4.69) is 36.8 Å². The Morgan fingerprint density at radius 1 is 1.17 bits per heavy atom. The molecule has 0 amide bonds. The minimum absolute atomic E-state index is 0.657. The van der Waals surface area contributed by atoms with Crippen LogP contribution in [0, 0.1) is 0 Å². The molecule has 4 heterocycles. The van der Waals surface area contributed by atoms with Crippen molar-refractivity contribution in [3.05, 3.63) is 35.8 Å². The van der Waals surface area contributed by atoms with Crippen molar-refractivity contribution in [2.45, 2.75) is 6.42 Å². The molecule has 1 aliphatic heterocycles. The zero-order chi connectivity index (χ0) is 19.5. The fourth-order valence-corrected chi connectivity index (χ4v) is 4.29. The van der Waals surface area contributed by atoms with Gasteiger partial charge in [-0.3, -0.25) is 10.00 Å². The molecule has 3 N–H and O–H groups in total. The van der Waals surface area contributed by atoms with Crippen molar-refractivity contribution >= 4 is 49.9 Å². The molecule has 150 valence electrons. The van der Waals surface area contributed by atoms with Gasteiger partial charge in [-0.05, 0) is 42.6 Å². The summed E-state index contributed by atoms with van der Waals surface area (Å²) in [4.78, 5) is 11.8. The van der Waals surface area contributed by atoms with Crippen molar-refractivity contribution in [3.63, 3.8) is 0 Å². The summed E-state index contributed by atoms with van der Waals surface area (Å²) in [5.41, 5.74) is 2.94. The molecule has 1 fully saturated rings. The Hall–Kier alpha value is -2.75. The minimum Gasteiger partial charge on any atom is -0.379 e. The fraction of sp³-hybridized carbons (Fsp3) is 0.350. The maximum atomic E-state index is 5.40. The average Bonchev–Trinajstić information content (AvgIpc) is 3.41. The summed E-state index contributed by atoms with van der Waals surface area (Å²) in [6, 6.07) is 8.14. The first-order valence-electron chi connectivity index (χ1n) is 9.84. The highest BCUT2D eigenvalue weighted by molar-refractivity contribution is 7.17. The number of nitrogens with zero attached hydrogens (tertiary/aromatic N) is 4.